The highest BCUT2D eigenvalue weighted by Crippen LogP contribution is 2.31. The fourth-order valence-electron chi connectivity index (χ4n) is 2.38. The van der Waals surface area contributed by atoms with Crippen molar-refractivity contribution in [2.75, 3.05) is 7.05 Å². The predicted molar refractivity (Wildman–Crippen MR) is 56.1 cm³/mol. The summed E-state index contributed by atoms with van der Waals surface area (Å²) in [5.41, 5.74) is 1.28. The van der Waals surface area contributed by atoms with Crippen molar-refractivity contribution in [3.63, 3.8) is 0 Å². The van der Waals surface area contributed by atoms with E-state index >= 15 is 0 Å². The lowest BCUT2D eigenvalue weighted by Crippen LogP contribution is -2.34. The topological polar surface area (TPSA) is 37.8 Å². The lowest BCUT2D eigenvalue weighted by molar-refractivity contribution is 0.343. The molecule has 1 aliphatic rings. The standard InChI is InChI=1S/C11H17N3/c1-12-11-5-3-2-4-10(11)9-6-13-8-14-7-9/h6-8,10-12H,2-5H2,1H3. The highest BCUT2D eigenvalue weighted by Gasteiger charge is 2.25. The van der Waals surface area contributed by atoms with E-state index < -0.39 is 0 Å². The summed E-state index contributed by atoms with van der Waals surface area (Å²) in [6.07, 6.45) is 10.7. The minimum atomic E-state index is 0.606. The van der Waals surface area contributed by atoms with Gasteiger partial charge in [0.15, 0.2) is 0 Å². The molecule has 1 aromatic heterocycles. The Morgan fingerprint density at radius 3 is 2.64 bits per heavy atom. The monoisotopic (exact) mass is 191 g/mol. The van der Waals surface area contributed by atoms with Crippen LogP contribution in [-0.4, -0.2) is 23.1 Å². The highest BCUT2D eigenvalue weighted by atomic mass is 14.9. The van der Waals surface area contributed by atoms with Crippen LogP contribution in [0, 0.1) is 0 Å². The van der Waals surface area contributed by atoms with Crippen LogP contribution >= 0.6 is 0 Å². The second-order valence-electron chi connectivity index (χ2n) is 3.96. The lowest BCUT2D eigenvalue weighted by atomic mass is 9.81. The summed E-state index contributed by atoms with van der Waals surface area (Å²) in [5, 5.41) is 3.40. The lowest BCUT2D eigenvalue weighted by Gasteiger charge is -2.31. The number of aromatic nitrogens is 2. The van der Waals surface area contributed by atoms with E-state index in [-0.39, 0.29) is 0 Å². The summed E-state index contributed by atoms with van der Waals surface area (Å²) in [7, 11) is 2.05. The predicted octanol–water partition coefficient (Wildman–Crippen LogP) is 1.72. The van der Waals surface area contributed by atoms with Crippen LogP contribution in [0.1, 0.15) is 37.2 Å². The SMILES string of the molecule is CNC1CCCCC1c1cncnc1. The van der Waals surface area contributed by atoms with Gasteiger partial charge in [-0.3, -0.25) is 0 Å². The molecule has 76 valence electrons. The van der Waals surface area contributed by atoms with Gasteiger partial charge in [-0.1, -0.05) is 12.8 Å². The van der Waals surface area contributed by atoms with E-state index in [4.69, 9.17) is 0 Å². The molecule has 1 N–H and O–H groups in total. The summed E-state index contributed by atoms with van der Waals surface area (Å²) in [6, 6.07) is 0.606. The fourth-order valence-corrected chi connectivity index (χ4v) is 2.38. The molecular formula is C11H17N3. The Hall–Kier alpha value is -0.960. The van der Waals surface area contributed by atoms with Gasteiger partial charge in [-0.15, -0.1) is 0 Å². The zero-order chi connectivity index (χ0) is 9.80. The molecule has 2 unspecified atom stereocenters. The molecule has 14 heavy (non-hydrogen) atoms. The molecule has 2 atom stereocenters. The Bertz CT molecular complexity index is 273. The largest absolute Gasteiger partial charge is 0.316 e. The third kappa shape index (κ3) is 1.93. The molecule has 0 radical (unpaired) electrons. The number of hydrogen-bond donors (Lipinski definition) is 1. The molecule has 0 bridgehead atoms. The summed E-state index contributed by atoms with van der Waals surface area (Å²) in [6.45, 7) is 0. The maximum atomic E-state index is 4.09. The van der Waals surface area contributed by atoms with Gasteiger partial charge in [0.2, 0.25) is 0 Å². The van der Waals surface area contributed by atoms with Crippen LogP contribution in [0.2, 0.25) is 0 Å². The molecule has 0 amide bonds. The molecule has 1 aliphatic carbocycles. The van der Waals surface area contributed by atoms with Gasteiger partial charge < -0.3 is 5.32 Å². The zero-order valence-corrected chi connectivity index (χ0v) is 8.61. The zero-order valence-electron chi connectivity index (χ0n) is 8.61. The third-order valence-corrected chi connectivity index (χ3v) is 3.15. The molecule has 0 aliphatic heterocycles. The first-order valence-electron chi connectivity index (χ1n) is 5.34. The maximum Gasteiger partial charge on any atom is 0.115 e. The van der Waals surface area contributed by atoms with Crippen molar-refractivity contribution in [2.24, 2.45) is 0 Å². The van der Waals surface area contributed by atoms with Crippen molar-refractivity contribution in [2.45, 2.75) is 37.6 Å². The van der Waals surface area contributed by atoms with Gasteiger partial charge in [0, 0.05) is 24.4 Å². The third-order valence-electron chi connectivity index (χ3n) is 3.15. The van der Waals surface area contributed by atoms with E-state index in [0.717, 1.165) is 0 Å². The first kappa shape index (κ1) is 9.59. The van der Waals surface area contributed by atoms with E-state index in [2.05, 4.69) is 15.3 Å². The minimum absolute atomic E-state index is 0.606. The second kappa shape index (κ2) is 4.51. The molecule has 3 nitrogen and oxygen atoms in total. The van der Waals surface area contributed by atoms with E-state index in [1.54, 1.807) is 6.33 Å². The van der Waals surface area contributed by atoms with Gasteiger partial charge in [-0.25, -0.2) is 9.97 Å². The molecule has 0 spiro atoms. The van der Waals surface area contributed by atoms with Crippen LogP contribution in [0.15, 0.2) is 18.7 Å². The summed E-state index contributed by atoms with van der Waals surface area (Å²) >= 11 is 0. The van der Waals surface area contributed by atoms with Crippen molar-refractivity contribution in [3.05, 3.63) is 24.3 Å². The van der Waals surface area contributed by atoms with Crippen LogP contribution in [-0.2, 0) is 0 Å². The van der Waals surface area contributed by atoms with Gasteiger partial charge in [-0.05, 0) is 25.5 Å². The van der Waals surface area contributed by atoms with E-state index in [0.29, 0.717) is 12.0 Å². The molecule has 2 rings (SSSR count). The molecule has 0 aromatic carbocycles. The van der Waals surface area contributed by atoms with Crippen LogP contribution in [0.25, 0.3) is 0 Å². The van der Waals surface area contributed by atoms with Crippen LogP contribution < -0.4 is 5.32 Å². The Labute approximate surface area is 85.0 Å². The molecule has 3 heteroatoms. The molecule has 1 heterocycles. The number of nitrogens with zero attached hydrogens (tertiary/aromatic N) is 2. The highest BCUT2D eigenvalue weighted by molar-refractivity contribution is 5.14. The molecule has 1 aromatic rings. The second-order valence-corrected chi connectivity index (χ2v) is 3.96. The number of nitrogens with one attached hydrogen (secondary N) is 1. The normalized spacial score (nSPS) is 27.5. The van der Waals surface area contributed by atoms with Gasteiger partial charge in [0.1, 0.15) is 6.33 Å². The van der Waals surface area contributed by atoms with Crippen LogP contribution in [0.5, 0.6) is 0 Å². The first-order chi connectivity index (χ1) is 6.92. The molecule has 0 saturated heterocycles. The fraction of sp³-hybridized carbons (Fsp3) is 0.636. The molecular weight excluding hydrogens is 174 g/mol. The summed E-state index contributed by atoms with van der Waals surface area (Å²) < 4.78 is 0. The van der Waals surface area contributed by atoms with Crippen molar-refractivity contribution in [3.8, 4) is 0 Å². The summed E-state index contributed by atoms with van der Waals surface area (Å²) in [5.74, 6) is 0.606. The number of hydrogen-bond acceptors (Lipinski definition) is 3. The Morgan fingerprint density at radius 1 is 1.21 bits per heavy atom. The smallest absolute Gasteiger partial charge is 0.115 e. The van der Waals surface area contributed by atoms with Crippen molar-refractivity contribution in [1.29, 1.82) is 0 Å². The Morgan fingerprint density at radius 2 is 1.93 bits per heavy atom. The van der Waals surface area contributed by atoms with Crippen LogP contribution in [0.4, 0.5) is 0 Å². The van der Waals surface area contributed by atoms with Gasteiger partial charge in [0.25, 0.3) is 0 Å². The first-order valence-corrected chi connectivity index (χ1v) is 5.34. The quantitative estimate of drug-likeness (QED) is 0.773. The number of rotatable bonds is 2. The molecule has 1 saturated carbocycles. The number of likely N-dealkylation sites (N-methyl/N-ethyl adjacent to an activating group) is 1. The van der Waals surface area contributed by atoms with E-state index in [9.17, 15) is 0 Å². The average molecular weight is 191 g/mol. The molecule has 1 fully saturated rings. The average Bonchev–Trinajstić information content (AvgIpc) is 2.30. The van der Waals surface area contributed by atoms with Crippen molar-refractivity contribution < 1.29 is 0 Å². The minimum Gasteiger partial charge on any atom is -0.316 e. The van der Waals surface area contributed by atoms with Crippen molar-refractivity contribution in [1.82, 2.24) is 15.3 Å². The van der Waals surface area contributed by atoms with Crippen LogP contribution in [0.3, 0.4) is 0 Å². The Kier molecular flexibility index (Phi) is 3.09. The van der Waals surface area contributed by atoms with Gasteiger partial charge in [-0.2, -0.15) is 0 Å². The van der Waals surface area contributed by atoms with Gasteiger partial charge in [0.05, 0.1) is 0 Å². The van der Waals surface area contributed by atoms with Crippen molar-refractivity contribution >= 4 is 0 Å². The van der Waals surface area contributed by atoms with E-state index in [1.807, 2.05) is 19.4 Å². The Balaban J connectivity index is 2.15. The maximum absolute atomic E-state index is 4.09. The van der Waals surface area contributed by atoms with Gasteiger partial charge >= 0.3 is 0 Å². The summed E-state index contributed by atoms with van der Waals surface area (Å²) in [4.78, 5) is 8.18. The van der Waals surface area contributed by atoms with E-state index in [1.165, 1.54) is 31.2 Å².